The minimum Gasteiger partial charge on any atom is -0.395 e. The van der Waals surface area contributed by atoms with Crippen molar-refractivity contribution in [3.63, 3.8) is 0 Å². The Hall–Kier alpha value is -2.48. The maximum Gasteiger partial charge on any atom is 0.321 e. The van der Waals surface area contributed by atoms with Gasteiger partial charge in [-0.2, -0.15) is 0 Å². The third-order valence-electron chi connectivity index (χ3n) is 3.48. The summed E-state index contributed by atoms with van der Waals surface area (Å²) in [5.41, 5.74) is 1.10. The standard InChI is InChI=1S/C18H20Cl2N4O3/c19-13-3-1-5-15(11-13)22-17(26)21-7-8-24(9-10-25)18(27)23-16-6-2-4-14(20)12-16/h1-6,11-12,25H,7-10H2,(H,23,27)(H2,21,22,26). The predicted molar refractivity (Wildman–Crippen MR) is 108 cm³/mol. The third-order valence-corrected chi connectivity index (χ3v) is 3.95. The van der Waals surface area contributed by atoms with Gasteiger partial charge in [0.2, 0.25) is 0 Å². The van der Waals surface area contributed by atoms with Gasteiger partial charge in [0, 0.05) is 41.1 Å². The molecule has 0 spiro atoms. The van der Waals surface area contributed by atoms with E-state index in [1.807, 2.05) is 0 Å². The Morgan fingerprint density at radius 2 is 1.52 bits per heavy atom. The lowest BCUT2D eigenvalue weighted by molar-refractivity contribution is 0.188. The van der Waals surface area contributed by atoms with E-state index in [0.29, 0.717) is 21.4 Å². The molecule has 4 amide bonds. The van der Waals surface area contributed by atoms with Crippen molar-refractivity contribution in [1.29, 1.82) is 0 Å². The van der Waals surface area contributed by atoms with Crippen molar-refractivity contribution >= 4 is 46.6 Å². The first kappa shape index (κ1) is 20.8. The Balaban J connectivity index is 1.82. The highest BCUT2D eigenvalue weighted by atomic mass is 35.5. The molecule has 0 unspecified atom stereocenters. The molecule has 0 fully saturated rings. The summed E-state index contributed by atoms with van der Waals surface area (Å²) < 4.78 is 0. The largest absolute Gasteiger partial charge is 0.395 e. The molecule has 0 saturated carbocycles. The van der Waals surface area contributed by atoms with Gasteiger partial charge >= 0.3 is 12.1 Å². The minimum atomic E-state index is -0.420. The average molecular weight is 411 g/mol. The highest BCUT2D eigenvalue weighted by molar-refractivity contribution is 6.31. The van der Waals surface area contributed by atoms with E-state index in [9.17, 15) is 14.7 Å². The average Bonchev–Trinajstić information content (AvgIpc) is 2.61. The van der Waals surface area contributed by atoms with E-state index in [-0.39, 0.29) is 26.2 Å². The summed E-state index contributed by atoms with van der Waals surface area (Å²) in [7, 11) is 0. The van der Waals surface area contributed by atoms with Gasteiger partial charge in [-0.1, -0.05) is 35.3 Å². The summed E-state index contributed by atoms with van der Waals surface area (Å²) in [4.78, 5) is 25.6. The molecule has 0 aliphatic heterocycles. The molecule has 0 bridgehead atoms. The summed E-state index contributed by atoms with van der Waals surface area (Å²) in [5.74, 6) is 0. The monoisotopic (exact) mass is 410 g/mol. The highest BCUT2D eigenvalue weighted by Crippen LogP contribution is 2.16. The summed E-state index contributed by atoms with van der Waals surface area (Å²) in [5, 5.41) is 18.2. The molecule has 2 aromatic carbocycles. The van der Waals surface area contributed by atoms with Crippen molar-refractivity contribution in [1.82, 2.24) is 10.2 Å². The lowest BCUT2D eigenvalue weighted by Crippen LogP contribution is -2.43. The van der Waals surface area contributed by atoms with Crippen LogP contribution >= 0.6 is 23.2 Å². The molecule has 7 nitrogen and oxygen atoms in total. The second-order valence-corrected chi connectivity index (χ2v) is 6.42. The van der Waals surface area contributed by atoms with Crippen molar-refractivity contribution in [3.05, 3.63) is 58.6 Å². The van der Waals surface area contributed by atoms with Crippen molar-refractivity contribution < 1.29 is 14.7 Å². The molecule has 2 rings (SSSR count). The van der Waals surface area contributed by atoms with Crippen LogP contribution in [-0.2, 0) is 0 Å². The van der Waals surface area contributed by atoms with E-state index in [4.69, 9.17) is 23.2 Å². The third kappa shape index (κ3) is 7.34. The fraction of sp³-hybridized carbons (Fsp3) is 0.222. The second kappa shape index (κ2) is 10.6. The molecule has 4 N–H and O–H groups in total. The Labute approximate surface area is 167 Å². The van der Waals surface area contributed by atoms with E-state index < -0.39 is 12.1 Å². The normalized spacial score (nSPS) is 10.2. The van der Waals surface area contributed by atoms with Gasteiger partial charge in [-0.25, -0.2) is 9.59 Å². The van der Waals surface area contributed by atoms with Crippen molar-refractivity contribution in [3.8, 4) is 0 Å². The summed E-state index contributed by atoms with van der Waals surface area (Å²) in [6.07, 6.45) is 0. The summed E-state index contributed by atoms with van der Waals surface area (Å²) in [6, 6.07) is 12.7. The predicted octanol–water partition coefficient (Wildman–Crippen LogP) is 3.64. The van der Waals surface area contributed by atoms with Crippen LogP contribution in [0.15, 0.2) is 48.5 Å². The van der Waals surface area contributed by atoms with Gasteiger partial charge in [-0.05, 0) is 36.4 Å². The first-order valence-corrected chi connectivity index (χ1v) is 8.96. The SMILES string of the molecule is O=C(NCCN(CCO)C(=O)Nc1cccc(Cl)c1)Nc1cccc(Cl)c1. The molecule has 0 aromatic heterocycles. The molecular formula is C18H20Cl2N4O3. The summed E-state index contributed by atoms with van der Waals surface area (Å²) in [6.45, 7) is 0.354. The maximum absolute atomic E-state index is 12.3. The van der Waals surface area contributed by atoms with Crippen LogP contribution in [-0.4, -0.2) is 48.3 Å². The second-order valence-electron chi connectivity index (χ2n) is 5.54. The lowest BCUT2D eigenvalue weighted by atomic mass is 10.3. The number of benzene rings is 2. The van der Waals surface area contributed by atoms with Gasteiger partial charge in [-0.3, -0.25) is 0 Å². The number of amides is 4. The Kier molecular flexibility index (Phi) is 8.19. The number of nitrogens with zero attached hydrogens (tertiary/aromatic N) is 1. The van der Waals surface area contributed by atoms with Crippen LogP contribution in [0.3, 0.4) is 0 Å². The first-order valence-electron chi connectivity index (χ1n) is 8.20. The van der Waals surface area contributed by atoms with Gasteiger partial charge in [-0.15, -0.1) is 0 Å². The van der Waals surface area contributed by atoms with Crippen LogP contribution in [0.2, 0.25) is 10.0 Å². The van der Waals surface area contributed by atoms with Crippen LogP contribution in [0.5, 0.6) is 0 Å². The Bertz CT molecular complexity index is 789. The number of hydrogen-bond donors (Lipinski definition) is 4. The van der Waals surface area contributed by atoms with Crippen molar-refractivity contribution in [2.45, 2.75) is 0 Å². The molecule has 9 heteroatoms. The zero-order valence-electron chi connectivity index (χ0n) is 14.4. The zero-order chi connectivity index (χ0) is 19.6. The smallest absolute Gasteiger partial charge is 0.321 e. The topological polar surface area (TPSA) is 93.7 Å². The van der Waals surface area contributed by atoms with Gasteiger partial charge in [0.05, 0.1) is 6.61 Å². The molecule has 0 atom stereocenters. The number of carbonyl (C=O) groups excluding carboxylic acids is 2. The number of anilines is 2. The molecule has 0 saturated heterocycles. The van der Waals surface area contributed by atoms with Gasteiger partial charge < -0.3 is 26.0 Å². The molecule has 27 heavy (non-hydrogen) atoms. The number of halogens is 2. The van der Waals surface area contributed by atoms with E-state index in [1.165, 1.54) is 4.90 Å². The molecule has 0 aliphatic carbocycles. The van der Waals surface area contributed by atoms with Crippen LogP contribution in [0.25, 0.3) is 0 Å². The highest BCUT2D eigenvalue weighted by Gasteiger charge is 2.13. The van der Waals surface area contributed by atoms with Crippen molar-refractivity contribution in [2.24, 2.45) is 0 Å². The fourth-order valence-electron chi connectivity index (χ4n) is 2.25. The van der Waals surface area contributed by atoms with Crippen molar-refractivity contribution in [2.75, 3.05) is 36.9 Å². The lowest BCUT2D eigenvalue weighted by Gasteiger charge is -2.22. The van der Waals surface area contributed by atoms with E-state index in [1.54, 1.807) is 48.5 Å². The quantitative estimate of drug-likeness (QED) is 0.561. The number of aliphatic hydroxyl groups excluding tert-OH is 1. The van der Waals surface area contributed by atoms with Gasteiger partial charge in [0.25, 0.3) is 0 Å². The van der Waals surface area contributed by atoms with Crippen LogP contribution in [0.4, 0.5) is 21.0 Å². The van der Waals surface area contributed by atoms with Crippen LogP contribution in [0.1, 0.15) is 0 Å². The molecule has 144 valence electrons. The number of rotatable bonds is 7. The van der Waals surface area contributed by atoms with Gasteiger partial charge in [0.1, 0.15) is 0 Å². The number of carbonyl (C=O) groups is 2. The van der Waals surface area contributed by atoms with Crippen LogP contribution in [0, 0.1) is 0 Å². The number of nitrogens with one attached hydrogen (secondary N) is 3. The molecule has 2 aromatic rings. The number of aliphatic hydroxyl groups is 1. The van der Waals surface area contributed by atoms with E-state index in [2.05, 4.69) is 16.0 Å². The fourth-order valence-corrected chi connectivity index (χ4v) is 2.63. The molecular weight excluding hydrogens is 391 g/mol. The van der Waals surface area contributed by atoms with E-state index >= 15 is 0 Å². The maximum atomic E-state index is 12.3. The Morgan fingerprint density at radius 3 is 2.07 bits per heavy atom. The van der Waals surface area contributed by atoms with Crippen LogP contribution < -0.4 is 16.0 Å². The Morgan fingerprint density at radius 1 is 0.926 bits per heavy atom. The van der Waals surface area contributed by atoms with E-state index in [0.717, 1.165) is 0 Å². The molecule has 0 heterocycles. The first-order chi connectivity index (χ1) is 13.0. The summed E-state index contributed by atoms with van der Waals surface area (Å²) >= 11 is 11.8. The minimum absolute atomic E-state index is 0.129. The number of urea groups is 2. The number of hydrogen-bond acceptors (Lipinski definition) is 3. The molecule has 0 radical (unpaired) electrons. The van der Waals surface area contributed by atoms with Gasteiger partial charge in [0.15, 0.2) is 0 Å². The molecule has 0 aliphatic rings. The zero-order valence-corrected chi connectivity index (χ0v) is 15.9.